The monoisotopic (exact) mass is 575 g/mol. The summed E-state index contributed by atoms with van der Waals surface area (Å²) >= 11 is 26.5. The highest BCUT2D eigenvalue weighted by molar-refractivity contribution is 6.55. The second kappa shape index (κ2) is 8.11. The molecule has 0 aliphatic carbocycles. The van der Waals surface area contributed by atoms with Crippen molar-refractivity contribution in [1.82, 2.24) is 4.57 Å². The molecule has 6 rings (SSSR count). The van der Waals surface area contributed by atoms with Gasteiger partial charge in [0.15, 0.2) is 5.60 Å². The van der Waals surface area contributed by atoms with E-state index in [1.165, 1.54) is 0 Å². The van der Waals surface area contributed by atoms with Crippen LogP contribution in [0.2, 0.25) is 20.1 Å². The van der Waals surface area contributed by atoms with E-state index in [-0.39, 0.29) is 20.1 Å². The average molecular weight is 577 g/mol. The summed E-state index contributed by atoms with van der Waals surface area (Å²) in [7, 11) is 9.53. The van der Waals surface area contributed by atoms with Crippen LogP contribution in [0.25, 0.3) is 10.9 Å². The van der Waals surface area contributed by atoms with Crippen molar-refractivity contribution in [3.63, 3.8) is 0 Å². The van der Waals surface area contributed by atoms with Crippen LogP contribution in [0.1, 0.15) is 27.2 Å². The predicted molar refractivity (Wildman–Crippen MR) is 150 cm³/mol. The lowest BCUT2D eigenvalue weighted by molar-refractivity contribution is 0.0221. The summed E-state index contributed by atoms with van der Waals surface area (Å²) in [6.45, 7) is 0. The summed E-state index contributed by atoms with van der Waals surface area (Å²) in [5.41, 5.74) is 3.23. The number of benzene rings is 3. The molecule has 3 heterocycles. The van der Waals surface area contributed by atoms with Crippen molar-refractivity contribution in [2.45, 2.75) is 5.60 Å². The summed E-state index contributed by atoms with van der Waals surface area (Å²) in [6, 6.07) is 11.6. The van der Waals surface area contributed by atoms with Gasteiger partial charge < -0.3 is 23.8 Å². The molecule has 2 aliphatic rings. The molecule has 3 aromatic carbocycles. The SMILES string of the molecule is CN(C)c1ccc2c(c1)Oc1cc(N(C)C)ccc1C21OC(=O)c2c1c1c(Cl)c(Cl)c(Cl)c(Cl)c1n2C. The van der Waals surface area contributed by atoms with E-state index in [0.717, 1.165) is 11.4 Å². The molecule has 0 fully saturated rings. The summed E-state index contributed by atoms with van der Waals surface area (Å²) in [5.74, 6) is 0.615. The Hall–Kier alpha value is -2.77. The van der Waals surface area contributed by atoms with Crippen molar-refractivity contribution < 1.29 is 14.3 Å². The van der Waals surface area contributed by atoms with Crippen LogP contribution in [0.4, 0.5) is 11.4 Å². The Labute approximate surface area is 233 Å². The second-order valence-electron chi connectivity index (χ2n) is 9.58. The van der Waals surface area contributed by atoms with Crippen molar-refractivity contribution in [3.8, 4) is 11.5 Å². The predicted octanol–water partition coefficient (Wildman–Crippen LogP) is 7.49. The minimum Gasteiger partial charge on any atom is -0.456 e. The zero-order valence-electron chi connectivity index (χ0n) is 20.5. The summed E-state index contributed by atoms with van der Waals surface area (Å²) in [6.07, 6.45) is 0. The number of carbonyl (C=O) groups is 1. The lowest BCUT2D eigenvalue weighted by Gasteiger charge is -2.37. The van der Waals surface area contributed by atoms with Gasteiger partial charge in [-0.1, -0.05) is 46.4 Å². The fraction of sp³-hybridized carbons (Fsp3) is 0.222. The molecule has 2 aliphatic heterocycles. The molecule has 1 aromatic heterocycles. The molecule has 4 aromatic rings. The molecule has 0 amide bonds. The largest absolute Gasteiger partial charge is 0.456 e. The van der Waals surface area contributed by atoms with Crippen LogP contribution in [0.15, 0.2) is 36.4 Å². The van der Waals surface area contributed by atoms with E-state index in [0.29, 0.717) is 44.8 Å². The number of hydrogen-bond donors (Lipinski definition) is 0. The molecule has 0 N–H and O–H groups in total. The van der Waals surface area contributed by atoms with Gasteiger partial charge in [-0.25, -0.2) is 4.79 Å². The third-order valence-corrected chi connectivity index (χ3v) is 8.92. The number of aromatic nitrogens is 1. The number of aryl methyl sites for hydroxylation is 1. The zero-order chi connectivity index (χ0) is 26.5. The van der Waals surface area contributed by atoms with E-state index < -0.39 is 11.6 Å². The van der Waals surface area contributed by atoms with Gasteiger partial charge in [-0.3, -0.25) is 0 Å². The van der Waals surface area contributed by atoms with E-state index in [4.69, 9.17) is 55.9 Å². The van der Waals surface area contributed by atoms with E-state index in [2.05, 4.69) is 0 Å². The van der Waals surface area contributed by atoms with Gasteiger partial charge in [-0.15, -0.1) is 0 Å². The molecular weight excluding hydrogens is 556 g/mol. The third kappa shape index (κ3) is 3.10. The molecule has 1 spiro atoms. The van der Waals surface area contributed by atoms with Crippen LogP contribution in [0, 0.1) is 0 Å². The highest BCUT2D eigenvalue weighted by Gasteiger charge is 2.57. The first kappa shape index (κ1) is 24.6. The molecule has 10 heteroatoms. The summed E-state index contributed by atoms with van der Waals surface area (Å²) in [4.78, 5) is 17.6. The summed E-state index contributed by atoms with van der Waals surface area (Å²) < 4.78 is 14.5. The Balaban J connectivity index is 1.80. The topological polar surface area (TPSA) is 46.9 Å². The van der Waals surface area contributed by atoms with Crippen LogP contribution >= 0.6 is 46.4 Å². The number of esters is 1. The van der Waals surface area contributed by atoms with E-state index in [1.807, 2.05) is 74.4 Å². The summed E-state index contributed by atoms with van der Waals surface area (Å²) in [5, 5.41) is 1.16. The van der Waals surface area contributed by atoms with Gasteiger partial charge in [-0.2, -0.15) is 0 Å². The average Bonchev–Trinajstić information content (AvgIpc) is 3.34. The first-order valence-electron chi connectivity index (χ1n) is 11.4. The van der Waals surface area contributed by atoms with E-state index in [1.54, 1.807) is 11.6 Å². The minimum atomic E-state index is -1.35. The standard InChI is InChI=1S/C27H21Cl4N3O3/c1-32(2)12-6-8-14-16(10-12)36-17-11-13(33(3)4)7-9-15(17)27(14)19-18-20(28)21(29)22(30)23(31)24(18)34(5)25(19)26(35)37-27/h6-11H,1-5H3. The first-order chi connectivity index (χ1) is 17.5. The van der Waals surface area contributed by atoms with Crippen LogP contribution in [-0.2, 0) is 17.4 Å². The molecular formula is C27H21Cl4N3O3. The normalized spacial score (nSPS) is 14.8. The molecule has 0 radical (unpaired) electrons. The number of fused-ring (bicyclic) bond motifs is 8. The second-order valence-corrected chi connectivity index (χ2v) is 11.1. The van der Waals surface area contributed by atoms with Crippen LogP contribution in [0.5, 0.6) is 11.5 Å². The van der Waals surface area contributed by atoms with E-state index in [9.17, 15) is 4.79 Å². The number of carbonyl (C=O) groups excluding carboxylic acids is 1. The number of nitrogens with zero attached hydrogens (tertiary/aromatic N) is 3. The third-order valence-electron chi connectivity index (χ3n) is 7.13. The maximum atomic E-state index is 13.6. The van der Waals surface area contributed by atoms with Crippen molar-refractivity contribution >= 4 is 74.7 Å². The highest BCUT2D eigenvalue weighted by Crippen LogP contribution is 2.61. The molecule has 37 heavy (non-hydrogen) atoms. The Morgan fingerprint density at radius 1 is 0.784 bits per heavy atom. The fourth-order valence-electron chi connectivity index (χ4n) is 5.35. The first-order valence-corrected chi connectivity index (χ1v) is 12.9. The van der Waals surface area contributed by atoms with Crippen molar-refractivity contribution in [1.29, 1.82) is 0 Å². The van der Waals surface area contributed by atoms with Crippen LogP contribution in [0.3, 0.4) is 0 Å². The quantitative estimate of drug-likeness (QED) is 0.140. The van der Waals surface area contributed by atoms with Crippen LogP contribution in [-0.4, -0.2) is 38.7 Å². The Kier molecular flexibility index (Phi) is 5.38. The van der Waals surface area contributed by atoms with Crippen molar-refractivity contribution in [3.05, 3.63) is 78.9 Å². The van der Waals surface area contributed by atoms with Crippen molar-refractivity contribution in [2.75, 3.05) is 38.0 Å². The lowest BCUT2D eigenvalue weighted by atomic mass is 9.77. The Morgan fingerprint density at radius 3 is 1.81 bits per heavy atom. The van der Waals surface area contributed by atoms with Gasteiger partial charge in [0.2, 0.25) is 0 Å². The maximum absolute atomic E-state index is 13.6. The Morgan fingerprint density at radius 2 is 1.30 bits per heavy atom. The molecule has 0 bridgehead atoms. The van der Waals surface area contributed by atoms with Crippen molar-refractivity contribution in [2.24, 2.45) is 7.05 Å². The number of anilines is 2. The minimum absolute atomic E-state index is 0.113. The highest BCUT2D eigenvalue weighted by atomic mass is 35.5. The molecule has 6 nitrogen and oxygen atoms in total. The van der Waals surface area contributed by atoms with Crippen LogP contribution < -0.4 is 14.5 Å². The molecule has 0 saturated carbocycles. The zero-order valence-corrected chi connectivity index (χ0v) is 23.6. The lowest BCUT2D eigenvalue weighted by Crippen LogP contribution is -2.33. The van der Waals surface area contributed by atoms with Gasteiger partial charge in [-0.05, 0) is 24.3 Å². The number of halogens is 4. The van der Waals surface area contributed by atoms with Gasteiger partial charge in [0.25, 0.3) is 0 Å². The molecule has 0 atom stereocenters. The smallest absolute Gasteiger partial charge is 0.357 e. The molecule has 0 saturated heterocycles. The molecule has 0 unspecified atom stereocenters. The number of hydrogen-bond acceptors (Lipinski definition) is 5. The molecule has 190 valence electrons. The number of rotatable bonds is 2. The van der Waals surface area contributed by atoms with Gasteiger partial charge >= 0.3 is 5.97 Å². The maximum Gasteiger partial charge on any atom is 0.357 e. The van der Waals surface area contributed by atoms with Gasteiger partial charge in [0, 0.05) is 80.8 Å². The van der Waals surface area contributed by atoms with Gasteiger partial charge in [0.1, 0.15) is 17.2 Å². The van der Waals surface area contributed by atoms with E-state index >= 15 is 0 Å². The number of ether oxygens (including phenoxy) is 2. The Bertz CT molecular complexity index is 1620. The van der Waals surface area contributed by atoms with Gasteiger partial charge in [0.05, 0.1) is 25.6 Å². The fourth-order valence-corrected chi connectivity index (χ4v) is 6.42.